The lowest BCUT2D eigenvalue weighted by Crippen LogP contribution is -2.54. The van der Waals surface area contributed by atoms with Crippen LogP contribution in [0.15, 0.2) is 35.3 Å². The van der Waals surface area contributed by atoms with Gasteiger partial charge in [0.05, 0.1) is 12.1 Å². The number of halogens is 2. The first kappa shape index (κ1) is 26.4. The number of piperazine rings is 1. The molecule has 9 heteroatoms. The summed E-state index contributed by atoms with van der Waals surface area (Å²) in [5, 5.41) is 8.57. The van der Waals surface area contributed by atoms with Gasteiger partial charge in [-0.3, -0.25) is 14.5 Å². The maximum Gasteiger partial charge on any atom is 0.227 e. The van der Waals surface area contributed by atoms with Crippen LogP contribution in [0.25, 0.3) is 0 Å². The predicted molar refractivity (Wildman–Crippen MR) is 141 cm³/mol. The zero-order chi connectivity index (χ0) is 22.2. The Labute approximate surface area is 213 Å². The van der Waals surface area contributed by atoms with E-state index in [0.29, 0.717) is 24.5 Å². The summed E-state index contributed by atoms with van der Waals surface area (Å²) in [6, 6.07) is 9.62. The lowest BCUT2D eigenvalue weighted by molar-refractivity contribution is -0.131. The van der Waals surface area contributed by atoms with Crippen LogP contribution < -0.4 is 5.32 Å². The molecule has 1 aromatic heterocycles. The molecule has 7 nitrogen and oxygen atoms in total. The van der Waals surface area contributed by atoms with Crippen LogP contribution in [-0.4, -0.2) is 70.7 Å². The van der Waals surface area contributed by atoms with Crippen LogP contribution >= 0.6 is 35.6 Å². The second-order valence-corrected chi connectivity index (χ2v) is 8.35. The van der Waals surface area contributed by atoms with Gasteiger partial charge in [-0.1, -0.05) is 23.7 Å². The number of carbonyl (C=O) groups is 1. The molecule has 0 aliphatic carbocycles. The van der Waals surface area contributed by atoms with Crippen molar-refractivity contribution in [2.75, 3.05) is 39.3 Å². The minimum Gasteiger partial charge on any atom is -0.357 e. The van der Waals surface area contributed by atoms with Crippen LogP contribution in [0.4, 0.5) is 0 Å². The van der Waals surface area contributed by atoms with Crippen LogP contribution in [0.2, 0.25) is 5.02 Å². The molecular formula is C23H34ClIN6O. The molecule has 2 heterocycles. The minimum absolute atomic E-state index is 0. The van der Waals surface area contributed by atoms with E-state index in [4.69, 9.17) is 16.6 Å². The number of aliphatic imine (C=N–C) groups is 1. The lowest BCUT2D eigenvalue weighted by Gasteiger charge is -2.36. The summed E-state index contributed by atoms with van der Waals surface area (Å²) >= 11 is 6.04. The Morgan fingerprint density at radius 1 is 1.16 bits per heavy atom. The van der Waals surface area contributed by atoms with Crippen LogP contribution in [0, 0.1) is 13.8 Å². The quantitative estimate of drug-likeness (QED) is 0.239. The number of guanidine groups is 1. The summed E-state index contributed by atoms with van der Waals surface area (Å²) in [4.78, 5) is 21.7. The van der Waals surface area contributed by atoms with Crippen molar-refractivity contribution < 1.29 is 4.79 Å². The topological polar surface area (TPSA) is 65.8 Å². The maximum atomic E-state index is 12.7. The van der Waals surface area contributed by atoms with Crippen molar-refractivity contribution >= 4 is 47.4 Å². The highest BCUT2D eigenvalue weighted by atomic mass is 127. The molecule has 1 saturated heterocycles. The molecule has 1 amide bonds. The van der Waals surface area contributed by atoms with E-state index in [1.807, 2.05) is 40.8 Å². The number of carbonyl (C=O) groups excluding carboxylic acids is 1. The number of rotatable bonds is 7. The van der Waals surface area contributed by atoms with E-state index in [0.717, 1.165) is 56.4 Å². The number of hydrogen-bond acceptors (Lipinski definition) is 3. The number of benzene rings is 1. The number of aromatic nitrogens is 2. The van der Waals surface area contributed by atoms with E-state index >= 15 is 0 Å². The van der Waals surface area contributed by atoms with Crippen molar-refractivity contribution in [3.63, 3.8) is 0 Å². The fraction of sp³-hybridized carbons (Fsp3) is 0.522. The average molecular weight is 573 g/mol. The van der Waals surface area contributed by atoms with Gasteiger partial charge in [-0.05, 0) is 51.0 Å². The molecule has 1 N–H and O–H groups in total. The van der Waals surface area contributed by atoms with E-state index in [1.54, 1.807) is 0 Å². The first-order chi connectivity index (χ1) is 15.0. The molecule has 0 saturated carbocycles. The van der Waals surface area contributed by atoms with Gasteiger partial charge < -0.3 is 15.1 Å². The van der Waals surface area contributed by atoms with Crippen molar-refractivity contribution in [3.8, 4) is 0 Å². The van der Waals surface area contributed by atoms with E-state index < -0.39 is 0 Å². The molecule has 1 aliphatic heterocycles. The van der Waals surface area contributed by atoms with Gasteiger partial charge >= 0.3 is 0 Å². The Balaban J connectivity index is 0.00000363. The normalized spacial score (nSPS) is 14.3. The molecule has 32 heavy (non-hydrogen) atoms. The van der Waals surface area contributed by atoms with Crippen LogP contribution in [-0.2, 0) is 17.8 Å². The van der Waals surface area contributed by atoms with Gasteiger partial charge in [-0.2, -0.15) is 5.10 Å². The number of aryl methyl sites for hydroxylation is 3. The Morgan fingerprint density at radius 2 is 1.88 bits per heavy atom. The van der Waals surface area contributed by atoms with Crippen molar-refractivity contribution in [1.29, 1.82) is 0 Å². The molecule has 0 atom stereocenters. The van der Waals surface area contributed by atoms with Crippen LogP contribution in [0.3, 0.4) is 0 Å². The summed E-state index contributed by atoms with van der Waals surface area (Å²) in [6.07, 6.45) is 1.33. The number of amides is 1. The molecule has 176 valence electrons. The number of hydrogen-bond donors (Lipinski definition) is 1. The van der Waals surface area contributed by atoms with Gasteiger partial charge in [0, 0.05) is 56.5 Å². The fourth-order valence-electron chi connectivity index (χ4n) is 3.83. The molecule has 0 spiro atoms. The second kappa shape index (κ2) is 13.0. The summed E-state index contributed by atoms with van der Waals surface area (Å²) in [5.41, 5.74) is 3.20. The Bertz CT molecular complexity index is 908. The van der Waals surface area contributed by atoms with Crippen molar-refractivity contribution in [3.05, 3.63) is 52.3 Å². The Kier molecular flexibility index (Phi) is 10.8. The fourth-order valence-corrected chi connectivity index (χ4v) is 4.05. The van der Waals surface area contributed by atoms with Gasteiger partial charge in [0.2, 0.25) is 5.91 Å². The zero-order valence-corrected chi connectivity index (χ0v) is 22.3. The minimum atomic E-state index is 0. The maximum absolute atomic E-state index is 12.7. The third kappa shape index (κ3) is 7.65. The molecule has 0 bridgehead atoms. The van der Waals surface area contributed by atoms with E-state index in [9.17, 15) is 4.79 Å². The molecule has 2 aromatic rings. The molecule has 1 aromatic carbocycles. The van der Waals surface area contributed by atoms with Crippen LogP contribution in [0.5, 0.6) is 0 Å². The summed E-state index contributed by atoms with van der Waals surface area (Å²) in [5.74, 6) is 1.08. The Morgan fingerprint density at radius 3 is 2.50 bits per heavy atom. The molecule has 1 fully saturated rings. The molecule has 0 radical (unpaired) electrons. The number of nitrogens with zero attached hydrogens (tertiary/aromatic N) is 5. The average Bonchev–Trinajstić information content (AvgIpc) is 3.07. The Hall–Kier alpha value is -1.81. The third-order valence-electron chi connectivity index (χ3n) is 5.40. The first-order valence-corrected chi connectivity index (χ1v) is 11.4. The predicted octanol–water partition coefficient (Wildman–Crippen LogP) is 3.51. The van der Waals surface area contributed by atoms with Gasteiger partial charge in [0.1, 0.15) is 0 Å². The zero-order valence-electron chi connectivity index (χ0n) is 19.2. The van der Waals surface area contributed by atoms with Gasteiger partial charge in [0.15, 0.2) is 5.96 Å². The molecular weight excluding hydrogens is 539 g/mol. The highest BCUT2D eigenvalue weighted by molar-refractivity contribution is 14.0. The first-order valence-electron chi connectivity index (χ1n) is 11.0. The summed E-state index contributed by atoms with van der Waals surface area (Å²) in [6.45, 7) is 11.6. The monoisotopic (exact) mass is 572 g/mol. The van der Waals surface area contributed by atoms with Crippen molar-refractivity contribution in [2.24, 2.45) is 4.99 Å². The highest BCUT2D eigenvalue weighted by Crippen LogP contribution is 2.13. The van der Waals surface area contributed by atoms with E-state index in [2.05, 4.69) is 35.2 Å². The molecule has 3 rings (SSSR count). The third-order valence-corrected chi connectivity index (χ3v) is 5.64. The van der Waals surface area contributed by atoms with Crippen LogP contribution in [0.1, 0.15) is 30.3 Å². The summed E-state index contributed by atoms with van der Waals surface area (Å²) in [7, 11) is 0. The molecule has 1 aliphatic rings. The standard InChI is InChI=1S/C23H33ClN6O.HI/c1-4-25-23(26-9-6-10-30-19(3)15-18(2)27-30)29-13-11-28(12-14-29)22(31)17-20-7-5-8-21(24)16-20;/h5,7-8,15-16H,4,6,9-14,17H2,1-3H3,(H,25,26);1H. The SMILES string of the molecule is CCNC(=NCCCn1nc(C)cc1C)N1CCN(C(=O)Cc2cccc(Cl)c2)CC1.I. The van der Waals surface area contributed by atoms with Gasteiger partial charge in [0.25, 0.3) is 0 Å². The van der Waals surface area contributed by atoms with Crippen molar-refractivity contribution in [1.82, 2.24) is 24.9 Å². The molecule has 0 unspecified atom stereocenters. The van der Waals surface area contributed by atoms with Gasteiger partial charge in [-0.25, -0.2) is 0 Å². The number of nitrogens with one attached hydrogen (secondary N) is 1. The smallest absolute Gasteiger partial charge is 0.227 e. The largest absolute Gasteiger partial charge is 0.357 e. The lowest BCUT2D eigenvalue weighted by atomic mass is 10.1. The van der Waals surface area contributed by atoms with E-state index in [-0.39, 0.29) is 29.9 Å². The van der Waals surface area contributed by atoms with E-state index in [1.165, 1.54) is 5.69 Å². The summed E-state index contributed by atoms with van der Waals surface area (Å²) < 4.78 is 2.04. The van der Waals surface area contributed by atoms with Gasteiger partial charge in [-0.15, -0.1) is 24.0 Å². The second-order valence-electron chi connectivity index (χ2n) is 7.91. The highest BCUT2D eigenvalue weighted by Gasteiger charge is 2.23. The van der Waals surface area contributed by atoms with Crippen molar-refractivity contribution in [2.45, 2.75) is 40.2 Å².